The van der Waals surface area contributed by atoms with Crippen molar-refractivity contribution in [2.45, 2.75) is 63.5 Å². The summed E-state index contributed by atoms with van der Waals surface area (Å²) in [7, 11) is 0. The molecule has 2 atom stereocenters. The molecule has 2 aromatic carbocycles. The van der Waals surface area contributed by atoms with Crippen LogP contribution in [0.5, 0.6) is 0 Å². The zero-order valence-electron chi connectivity index (χ0n) is 18.2. The van der Waals surface area contributed by atoms with E-state index < -0.39 is 0 Å². The minimum absolute atomic E-state index is 0.00761. The first kappa shape index (κ1) is 23.4. The van der Waals surface area contributed by atoms with Gasteiger partial charge in [-0.1, -0.05) is 73.5 Å². The molecule has 2 aromatic rings. The van der Waals surface area contributed by atoms with Crippen molar-refractivity contribution in [3.05, 3.63) is 71.8 Å². The predicted molar refractivity (Wildman–Crippen MR) is 122 cm³/mol. The maximum atomic E-state index is 12.1. The lowest BCUT2D eigenvalue weighted by Gasteiger charge is -2.14. The van der Waals surface area contributed by atoms with E-state index in [2.05, 4.69) is 10.6 Å². The zero-order chi connectivity index (χ0) is 22.8. The van der Waals surface area contributed by atoms with Crippen LogP contribution in [-0.4, -0.2) is 35.5 Å². The minimum Gasteiger partial charge on any atom is -0.346 e. The second-order valence-electron chi connectivity index (χ2n) is 8.19. The van der Waals surface area contributed by atoms with Gasteiger partial charge in [0.15, 0.2) is 11.6 Å². The third-order valence-electron chi connectivity index (χ3n) is 5.71. The minimum atomic E-state index is -0.336. The fourth-order valence-corrected chi connectivity index (χ4v) is 3.95. The number of Topliss-reactive ketones (excluding diaryl/α,β-unsaturated/α-hetero) is 2. The monoisotopic (exact) mass is 434 g/mol. The molecule has 4 rings (SSSR count). The van der Waals surface area contributed by atoms with Crippen LogP contribution >= 0.6 is 0 Å². The second-order valence-corrected chi connectivity index (χ2v) is 8.19. The molecule has 0 bridgehead atoms. The highest BCUT2D eigenvalue weighted by atomic mass is 16.2. The molecule has 2 heterocycles. The number of rotatable bonds is 4. The molecule has 0 spiro atoms. The van der Waals surface area contributed by atoms with Gasteiger partial charge >= 0.3 is 0 Å². The molecule has 168 valence electrons. The highest BCUT2D eigenvalue weighted by molar-refractivity contribution is 6.02. The van der Waals surface area contributed by atoms with E-state index in [0.717, 1.165) is 38.5 Å². The normalized spacial score (nSPS) is 21.0. The van der Waals surface area contributed by atoms with E-state index in [1.165, 1.54) is 0 Å². The van der Waals surface area contributed by atoms with Crippen LogP contribution in [-0.2, 0) is 9.59 Å². The summed E-state index contributed by atoms with van der Waals surface area (Å²) in [6.07, 6.45) is 6.20. The van der Waals surface area contributed by atoms with Crippen LogP contribution in [0.1, 0.15) is 72.1 Å². The number of benzene rings is 2. The third kappa shape index (κ3) is 6.87. The Labute approximate surface area is 188 Å². The molecule has 0 saturated carbocycles. The molecule has 6 nitrogen and oxygen atoms in total. The van der Waals surface area contributed by atoms with Crippen molar-refractivity contribution < 1.29 is 19.2 Å². The van der Waals surface area contributed by atoms with Crippen molar-refractivity contribution in [1.82, 2.24) is 10.6 Å². The van der Waals surface area contributed by atoms with Crippen LogP contribution in [0.15, 0.2) is 60.7 Å². The summed E-state index contributed by atoms with van der Waals surface area (Å²) in [4.78, 5) is 46.9. The van der Waals surface area contributed by atoms with E-state index in [-0.39, 0.29) is 35.5 Å². The molecule has 2 saturated heterocycles. The van der Waals surface area contributed by atoms with Gasteiger partial charge in [-0.25, -0.2) is 0 Å². The molecule has 2 amide bonds. The first-order valence-corrected chi connectivity index (χ1v) is 11.3. The fraction of sp³-hybridized carbons (Fsp3) is 0.385. The van der Waals surface area contributed by atoms with Crippen molar-refractivity contribution in [2.24, 2.45) is 0 Å². The highest BCUT2D eigenvalue weighted by Gasteiger charge is 2.24. The Kier molecular flexibility index (Phi) is 8.72. The summed E-state index contributed by atoms with van der Waals surface area (Å²) < 4.78 is 0. The number of amides is 2. The Balaban J connectivity index is 0.000000181. The molecule has 6 heteroatoms. The third-order valence-corrected chi connectivity index (χ3v) is 5.71. The Morgan fingerprint density at radius 1 is 0.594 bits per heavy atom. The lowest BCUT2D eigenvalue weighted by Crippen LogP contribution is -2.39. The number of nitrogens with one attached hydrogen (secondary N) is 2. The smallest absolute Gasteiger partial charge is 0.220 e. The summed E-state index contributed by atoms with van der Waals surface area (Å²) in [5, 5.41) is 5.58. The van der Waals surface area contributed by atoms with Gasteiger partial charge in [0.25, 0.3) is 0 Å². The molecule has 2 unspecified atom stereocenters. The molecule has 2 fully saturated rings. The number of hydrogen-bond acceptors (Lipinski definition) is 4. The van der Waals surface area contributed by atoms with Gasteiger partial charge in [-0.15, -0.1) is 0 Å². The Morgan fingerprint density at radius 2 is 0.969 bits per heavy atom. The Hall–Kier alpha value is -3.28. The quantitative estimate of drug-likeness (QED) is 0.715. The molecule has 0 aromatic heterocycles. The van der Waals surface area contributed by atoms with Gasteiger partial charge in [-0.2, -0.15) is 0 Å². The Morgan fingerprint density at radius 3 is 1.34 bits per heavy atom. The van der Waals surface area contributed by atoms with Crippen LogP contribution in [0.3, 0.4) is 0 Å². The van der Waals surface area contributed by atoms with Crippen molar-refractivity contribution in [3.8, 4) is 0 Å². The predicted octanol–water partition coefficient (Wildman–Crippen LogP) is 3.86. The molecular weight excluding hydrogens is 404 g/mol. The molecule has 0 radical (unpaired) electrons. The molecule has 0 aliphatic carbocycles. The van der Waals surface area contributed by atoms with Crippen LogP contribution in [0.25, 0.3) is 0 Å². The molecule has 2 aliphatic heterocycles. The lowest BCUT2D eigenvalue weighted by molar-refractivity contribution is -0.122. The van der Waals surface area contributed by atoms with Gasteiger partial charge in [0, 0.05) is 24.0 Å². The number of hydrogen-bond donors (Lipinski definition) is 2. The van der Waals surface area contributed by atoms with Crippen LogP contribution in [0.4, 0.5) is 0 Å². The second kappa shape index (κ2) is 11.9. The highest BCUT2D eigenvalue weighted by Crippen LogP contribution is 2.15. The van der Waals surface area contributed by atoms with Crippen molar-refractivity contribution >= 4 is 23.4 Å². The maximum Gasteiger partial charge on any atom is 0.220 e. The Bertz CT molecular complexity index is 850. The summed E-state index contributed by atoms with van der Waals surface area (Å²) in [6, 6.07) is 17.6. The largest absolute Gasteiger partial charge is 0.346 e. The summed E-state index contributed by atoms with van der Waals surface area (Å²) in [5.41, 5.74) is 1.35. The first-order valence-electron chi connectivity index (χ1n) is 11.3. The van der Waals surface area contributed by atoms with E-state index in [9.17, 15) is 19.2 Å². The van der Waals surface area contributed by atoms with Gasteiger partial charge < -0.3 is 10.6 Å². The molecule has 2 aliphatic rings. The summed E-state index contributed by atoms with van der Waals surface area (Å²) in [5.74, 6) is 0.0327. The van der Waals surface area contributed by atoms with Gasteiger partial charge in [-0.3, -0.25) is 19.2 Å². The van der Waals surface area contributed by atoms with Gasteiger partial charge in [-0.05, 0) is 25.7 Å². The van der Waals surface area contributed by atoms with Crippen LogP contribution in [0, 0.1) is 0 Å². The van der Waals surface area contributed by atoms with Gasteiger partial charge in [0.2, 0.25) is 11.8 Å². The van der Waals surface area contributed by atoms with Crippen molar-refractivity contribution in [1.29, 1.82) is 0 Å². The van der Waals surface area contributed by atoms with E-state index in [0.29, 0.717) is 24.0 Å². The average Bonchev–Trinajstić information content (AvgIpc) is 3.19. The molecule has 2 N–H and O–H groups in total. The topological polar surface area (TPSA) is 92.3 Å². The molecular formula is C26H30N2O4. The number of ketones is 2. The van der Waals surface area contributed by atoms with Crippen LogP contribution in [0.2, 0.25) is 0 Å². The number of carbonyl (C=O) groups is 4. The standard InChI is InChI=1S/2C13H15NO2/c2*15-12-9-5-4-8-11(14-12)13(16)10-6-2-1-3-7-10/h2*1-3,6-7,11H,4-5,8-9H2,(H,14,15). The lowest BCUT2D eigenvalue weighted by atomic mass is 10.0. The fourth-order valence-electron chi connectivity index (χ4n) is 3.95. The van der Waals surface area contributed by atoms with Crippen molar-refractivity contribution in [2.75, 3.05) is 0 Å². The average molecular weight is 435 g/mol. The van der Waals surface area contributed by atoms with Gasteiger partial charge in [0.05, 0.1) is 12.1 Å². The molecule has 32 heavy (non-hydrogen) atoms. The summed E-state index contributed by atoms with van der Waals surface area (Å²) >= 11 is 0. The van der Waals surface area contributed by atoms with E-state index in [1.54, 1.807) is 24.3 Å². The van der Waals surface area contributed by atoms with E-state index in [1.807, 2.05) is 36.4 Å². The maximum absolute atomic E-state index is 12.1. The SMILES string of the molecule is O=C1CCCCC(C(=O)c2ccccc2)N1.O=C1CCCCC(C(=O)c2ccccc2)N1. The van der Waals surface area contributed by atoms with Gasteiger partial charge in [0.1, 0.15) is 0 Å². The van der Waals surface area contributed by atoms with Crippen LogP contribution < -0.4 is 10.6 Å². The summed E-state index contributed by atoms with van der Waals surface area (Å²) in [6.45, 7) is 0. The zero-order valence-corrected chi connectivity index (χ0v) is 18.2. The van der Waals surface area contributed by atoms with Crippen molar-refractivity contribution in [3.63, 3.8) is 0 Å². The van der Waals surface area contributed by atoms with E-state index >= 15 is 0 Å². The first-order chi connectivity index (χ1) is 15.5. The number of carbonyl (C=O) groups excluding carboxylic acids is 4. The van der Waals surface area contributed by atoms with E-state index in [4.69, 9.17) is 0 Å².